The van der Waals surface area contributed by atoms with Gasteiger partial charge in [-0.05, 0) is 75.2 Å². The summed E-state index contributed by atoms with van der Waals surface area (Å²) in [5.74, 6) is 0.900. The molecule has 8 nitrogen and oxygen atoms in total. The summed E-state index contributed by atoms with van der Waals surface area (Å²) >= 11 is 0. The number of alkyl halides is 2. The molecule has 0 aliphatic carbocycles. The van der Waals surface area contributed by atoms with E-state index in [9.17, 15) is 18.3 Å². The number of phenols is 1. The summed E-state index contributed by atoms with van der Waals surface area (Å²) in [5, 5.41) is 14.5. The van der Waals surface area contributed by atoms with Crippen molar-refractivity contribution in [1.29, 1.82) is 0 Å². The number of rotatable bonds is 6. The molecule has 2 atom stereocenters. The molecular formula is C34H32F4N6O2. The van der Waals surface area contributed by atoms with Gasteiger partial charge in [-0.2, -0.15) is 9.97 Å². The number of benzene rings is 2. The standard InChI is InChI=1S/C34H32F4N6O2/c1-2-22-25(35)6-5-19-13-21(45)14-23(26(19)22)28-27(36)29-24(15-39-28)30(43-16-20-7-10-34(17-43,42-20)31(37)38)41-32(40-29)46-18-33-8-3-11-44(33)12-4-9-33/h1,5-6,13-15,20,31,42,45H,3-4,7-12,16-18H2. The summed E-state index contributed by atoms with van der Waals surface area (Å²) in [7, 11) is 0. The zero-order chi connectivity index (χ0) is 31.8. The van der Waals surface area contributed by atoms with Gasteiger partial charge in [0, 0.05) is 36.3 Å². The lowest BCUT2D eigenvalue weighted by Gasteiger charge is -2.41. The van der Waals surface area contributed by atoms with Crippen LogP contribution >= 0.6 is 0 Å². The van der Waals surface area contributed by atoms with Crippen molar-refractivity contribution in [3.8, 4) is 35.4 Å². The van der Waals surface area contributed by atoms with Gasteiger partial charge in [0.2, 0.25) is 0 Å². The number of anilines is 1. The monoisotopic (exact) mass is 632 g/mol. The van der Waals surface area contributed by atoms with E-state index in [2.05, 4.69) is 26.1 Å². The Labute approximate surface area is 262 Å². The Morgan fingerprint density at radius 3 is 2.70 bits per heavy atom. The second-order valence-corrected chi connectivity index (χ2v) is 13.1. The van der Waals surface area contributed by atoms with Gasteiger partial charge in [0.1, 0.15) is 35.2 Å². The lowest BCUT2D eigenvalue weighted by atomic mass is 9.95. The number of fused-ring (bicyclic) bond motifs is 5. The summed E-state index contributed by atoms with van der Waals surface area (Å²) in [6, 6.07) is 5.10. The van der Waals surface area contributed by atoms with Crippen LogP contribution < -0.4 is 15.0 Å². The zero-order valence-electron chi connectivity index (χ0n) is 25.0. The van der Waals surface area contributed by atoms with E-state index in [0.717, 1.165) is 38.8 Å². The number of aromatic nitrogens is 3. The molecule has 46 heavy (non-hydrogen) atoms. The maximum atomic E-state index is 16.8. The molecule has 8 rings (SSSR count). The third-order valence-electron chi connectivity index (χ3n) is 10.4. The highest BCUT2D eigenvalue weighted by molar-refractivity contribution is 6.03. The first-order chi connectivity index (χ1) is 22.2. The lowest BCUT2D eigenvalue weighted by Crippen LogP contribution is -2.63. The number of halogens is 4. The van der Waals surface area contributed by atoms with Crippen molar-refractivity contribution in [3.63, 3.8) is 0 Å². The third-order valence-corrected chi connectivity index (χ3v) is 10.4. The van der Waals surface area contributed by atoms with E-state index in [4.69, 9.17) is 16.1 Å². The Balaban J connectivity index is 1.29. The van der Waals surface area contributed by atoms with Crippen molar-refractivity contribution in [2.45, 2.75) is 62.1 Å². The molecule has 4 saturated heterocycles. The molecule has 12 heteroatoms. The number of aromatic hydroxyl groups is 1. The van der Waals surface area contributed by atoms with Gasteiger partial charge in [-0.25, -0.2) is 17.6 Å². The normalized spacial score (nSPS) is 23.8. The van der Waals surface area contributed by atoms with E-state index < -0.39 is 23.6 Å². The van der Waals surface area contributed by atoms with Crippen LogP contribution in [0.25, 0.3) is 32.9 Å². The maximum absolute atomic E-state index is 16.8. The van der Waals surface area contributed by atoms with Crippen LogP contribution in [-0.4, -0.2) is 81.3 Å². The maximum Gasteiger partial charge on any atom is 0.319 e. The van der Waals surface area contributed by atoms with Crippen LogP contribution in [0, 0.1) is 24.0 Å². The molecule has 4 aliphatic rings. The fraction of sp³-hybridized carbons (Fsp3) is 0.441. The minimum absolute atomic E-state index is 0.0319. The fourth-order valence-corrected chi connectivity index (χ4v) is 8.25. The molecular weight excluding hydrogens is 600 g/mol. The first-order valence-electron chi connectivity index (χ1n) is 15.7. The highest BCUT2D eigenvalue weighted by Gasteiger charge is 2.51. The number of pyridine rings is 1. The molecule has 4 aliphatic heterocycles. The summed E-state index contributed by atoms with van der Waals surface area (Å²) in [4.78, 5) is 17.8. The zero-order valence-corrected chi connectivity index (χ0v) is 25.0. The second-order valence-electron chi connectivity index (χ2n) is 13.1. The number of nitrogens with zero attached hydrogens (tertiary/aromatic N) is 5. The Bertz CT molecular complexity index is 1920. The summed E-state index contributed by atoms with van der Waals surface area (Å²) < 4.78 is 66.6. The summed E-state index contributed by atoms with van der Waals surface area (Å²) in [6.45, 7) is 2.67. The second kappa shape index (κ2) is 10.7. The van der Waals surface area contributed by atoms with Crippen LogP contribution in [0.4, 0.5) is 23.4 Å². The van der Waals surface area contributed by atoms with Gasteiger partial charge < -0.3 is 20.1 Å². The number of hydrogen-bond donors (Lipinski definition) is 2. The van der Waals surface area contributed by atoms with Crippen molar-refractivity contribution in [1.82, 2.24) is 25.2 Å². The predicted molar refractivity (Wildman–Crippen MR) is 165 cm³/mol. The Morgan fingerprint density at radius 1 is 1.13 bits per heavy atom. The van der Waals surface area contributed by atoms with Crippen molar-refractivity contribution in [2.24, 2.45) is 0 Å². The molecule has 2 N–H and O–H groups in total. The van der Waals surface area contributed by atoms with Crippen LogP contribution in [0.15, 0.2) is 30.5 Å². The molecule has 4 fully saturated rings. The van der Waals surface area contributed by atoms with Gasteiger partial charge in [0.25, 0.3) is 6.43 Å². The minimum Gasteiger partial charge on any atom is -0.508 e. The van der Waals surface area contributed by atoms with Gasteiger partial charge in [-0.1, -0.05) is 12.0 Å². The van der Waals surface area contributed by atoms with Crippen molar-refractivity contribution in [2.75, 3.05) is 37.7 Å². The van der Waals surface area contributed by atoms with E-state index in [1.807, 2.05) is 0 Å². The van der Waals surface area contributed by atoms with Gasteiger partial charge >= 0.3 is 6.01 Å². The van der Waals surface area contributed by atoms with E-state index >= 15 is 4.39 Å². The Hall–Kier alpha value is -4.21. The highest BCUT2D eigenvalue weighted by Crippen LogP contribution is 2.42. The highest BCUT2D eigenvalue weighted by atomic mass is 19.3. The van der Waals surface area contributed by atoms with Crippen LogP contribution in [-0.2, 0) is 0 Å². The molecule has 2 aromatic heterocycles. The van der Waals surface area contributed by atoms with Gasteiger partial charge in [0.15, 0.2) is 5.82 Å². The van der Waals surface area contributed by atoms with E-state index in [1.54, 1.807) is 4.90 Å². The fourth-order valence-electron chi connectivity index (χ4n) is 8.25. The SMILES string of the molecule is C#Cc1c(F)ccc2cc(O)cc(-c3ncc4c(N5CC6CCC(C(F)F)(C5)N6)nc(OCC56CCCN5CCC6)nc4c3F)c12. The number of phenolic OH excluding ortho intramolecular Hbond substituents is 1. The summed E-state index contributed by atoms with van der Waals surface area (Å²) in [6.07, 6.45) is 9.42. The molecule has 4 aromatic rings. The van der Waals surface area contributed by atoms with Crippen LogP contribution in [0.3, 0.4) is 0 Å². The van der Waals surface area contributed by atoms with Gasteiger partial charge in [0.05, 0.1) is 22.0 Å². The molecule has 0 radical (unpaired) electrons. The minimum atomic E-state index is -2.61. The topological polar surface area (TPSA) is 86.6 Å². The van der Waals surface area contributed by atoms with Crippen molar-refractivity contribution in [3.05, 3.63) is 47.7 Å². The number of nitrogens with one attached hydrogen (secondary N) is 1. The van der Waals surface area contributed by atoms with E-state index in [1.165, 1.54) is 30.5 Å². The lowest BCUT2D eigenvalue weighted by molar-refractivity contribution is 0.0367. The molecule has 2 aromatic carbocycles. The number of hydrogen-bond acceptors (Lipinski definition) is 8. The molecule has 0 spiro atoms. The van der Waals surface area contributed by atoms with E-state index in [-0.39, 0.29) is 68.8 Å². The molecule has 0 saturated carbocycles. The third kappa shape index (κ3) is 4.47. The molecule has 238 valence electrons. The van der Waals surface area contributed by atoms with Crippen LogP contribution in [0.2, 0.25) is 0 Å². The first kappa shape index (κ1) is 29.2. The Kier molecular flexibility index (Phi) is 6.78. The average molecular weight is 633 g/mol. The van der Waals surface area contributed by atoms with Crippen molar-refractivity contribution < 1.29 is 27.4 Å². The Morgan fingerprint density at radius 2 is 1.93 bits per heavy atom. The van der Waals surface area contributed by atoms with E-state index in [0.29, 0.717) is 31.4 Å². The van der Waals surface area contributed by atoms with Crippen LogP contribution in [0.1, 0.15) is 44.1 Å². The smallest absolute Gasteiger partial charge is 0.319 e. The summed E-state index contributed by atoms with van der Waals surface area (Å²) in [5.41, 5.74) is -1.86. The van der Waals surface area contributed by atoms with Crippen molar-refractivity contribution >= 4 is 27.5 Å². The van der Waals surface area contributed by atoms with Gasteiger partial charge in [-0.3, -0.25) is 9.88 Å². The van der Waals surface area contributed by atoms with Gasteiger partial charge in [-0.15, -0.1) is 6.42 Å². The number of terminal acetylenes is 1. The average Bonchev–Trinajstić information content (AvgIpc) is 3.72. The number of piperazine rings is 1. The largest absolute Gasteiger partial charge is 0.508 e. The van der Waals surface area contributed by atoms with Crippen LogP contribution in [0.5, 0.6) is 11.8 Å². The quantitative estimate of drug-likeness (QED) is 0.216. The molecule has 2 unspecified atom stereocenters. The first-order valence-corrected chi connectivity index (χ1v) is 15.7. The molecule has 0 amide bonds. The predicted octanol–water partition coefficient (Wildman–Crippen LogP) is 5.39. The molecule has 2 bridgehead atoms. The molecule has 6 heterocycles. The number of ether oxygens (including phenoxy) is 1.